The zero-order chi connectivity index (χ0) is 16.9. The molecule has 3 rings (SSSR count). The van der Waals surface area contributed by atoms with Gasteiger partial charge in [-0.05, 0) is 49.2 Å². The third-order valence-electron chi connectivity index (χ3n) is 4.37. The van der Waals surface area contributed by atoms with Crippen LogP contribution in [0.15, 0.2) is 41.8 Å². The van der Waals surface area contributed by atoms with E-state index in [1.807, 2.05) is 24.4 Å². The minimum absolute atomic E-state index is 0.0356. The molecule has 0 aliphatic carbocycles. The maximum Gasteiger partial charge on any atom is 0.320 e. The van der Waals surface area contributed by atoms with E-state index in [1.165, 1.54) is 17.0 Å². The summed E-state index contributed by atoms with van der Waals surface area (Å²) in [6, 6.07) is 12.1. The largest absolute Gasteiger partial charge is 0.369 e. The molecule has 2 heterocycles. The van der Waals surface area contributed by atoms with E-state index < -0.39 is 0 Å². The third-order valence-corrected chi connectivity index (χ3v) is 5.15. The first kappa shape index (κ1) is 16.8. The molecule has 2 amide bonds. The Hall–Kier alpha value is -2.05. The Balaban J connectivity index is 1.55. The molecule has 128 valence electrons. The van der Waals surface area contributed by atoms with Crippen molar-refractivity contribution < 1.29 is 4.79 Å². The average molecular weight is 344 g/mol. The summed E-state index contributed by atoms with van der Waals surface area (Å²) in [6.45, 7) is 6.32. The van der Waals surface area contributed by atoms with Crippen molar-refractivity contribution in [2.75, 3.05) is 43.4 Å². The number of nitrogens with one attached hydrogen (secondary N) is 2. The number of hydrogen-bond donors (Lipinski definition) is 2. The molecule has 0 spiro atoms. The highest BCUT2D eigenvalue weighted by molar-refractivity contribution is 7.14. The van der Waals surface area contributed by atoms with Crippen LogP contribution in [0.3, 0.4) is 0 Å². The lowest BCUT2D eigenvalue weighted by molar-refractivity contribution is 0.249. The van der Waals surface area contributed by atoms with Crippen molar-refractivity contribution in [3.63, 3.8) is 0 Å². The Morgan fingerprint density at radius 3 is 2.46 bits per heavy atom. The van der Waals surface area contributed by atoms with Gasteiger partial charge in [-0.15, -0.1) is 11.3 Å². The zero-order valence-electron chi connectivity index (χ0n) is 14.2. The first-order valence-electron chi connectivity index (χ1n) is 8.26. The van der Waals surface area contributed by atoms with E-state index in [0.717, 1.165) is 36.7 Å². The van der Waals surface area contributed by atoms with E-state index in [0.29, 0.717) is 0 Å². The maximum atomic E-state index is 12.0. The average Bonchev–Trinajstić information content (AvgIpc) is 3.08. The van der Waals surface area contributed by atoms with Crippen molar-refractivity contribution in [1.82, 2.24) is 10.2 Å². The molecule has 24 heavy (non-hydrogen) atoms. The summed E-state index contributed by atoms with van der Waals surface area (Å²) in [7, 11) is 2.16. The lowest BCUT2D eigenvalue weighted by Crippen LogP contribution is -2.44. The van der Waals surface area contributed by atoms with Gasteiger partial charge < -0.3 is 15.1 Å². The van der Waals surface area contributed by atoms with Crippen LogP contribution in [0.5, 0.6) is 0 Å². The number of piperazine rings is 1. The van der Waals surface area contributed by atoms with Crippen molar-refractivity contribution in [1.29, 1.82) is 0 Å². The molecular weight excluding hydrogens is 320 g/mol. The van der Waals surface area contributed by atoms with Gasteiger partial charge in [0.05, 0.1) is 11.0 Å². The summed E-state index contributed by atoms with van der Waals surface area (Å²) in [5, 5.41) is 8.61. The van der Waals surface area contributed by atoms with E-state index in [-0.39, 0.29) is 12.1 Å². The van der Waals surface area contributed by atoms with E-state index in [2.05, 4.69) is 51.7 Å². The number of benzene rings is 1. The predicted octanol–water partition coefficient (Wildman–Crippen LogP) is 3.38. The van der Waals surface area contributed by atoms with Crippen molar-refractivity contribution in [3.05, 3.63) is 47.3 Å². The molecule has 1 aliphatic rings. The smallest absolute Gasteiger partial charge is 0.320 e. The molecule has 1 atom stereocenters. The summed E-state index contributed by atoms with van der Waals surface area (Å²) in [4.78, 5) is 16.8. The molecule has 1 aromatic heterocycles. The van der Waals surface area contributed by atoms with Crippen LogP contribution in [-0.2, 0) is 0 Å². The van der Waals surface area contributed by atoms with Crippen LogP contribution >= 0.6 is 11.3 Å². The molecule has 5 nitrogen and oxygen atoms in total. The van der Waals surface area contributed by atoms with E-state index >= 15 is 0 Å². The molecule has 1 aromatic carbocycles. The summed E-state index contributed by atoms with van der Waals surface area (Å²) in [6.07, 6.45) is 0. The standard InChI is InChI=1S/C18H24N4OS/c1-14(19-18(23)20-17-4-3-13-24-17)15-5-7-16(8-6-15)22-11-9-21(2)10-12-22/h3-8,13-14H,9-12H2,1-2H3,(H2,19,20,23). The minimum Gasteiger partial charge on any atom is -0.369 e. The molecular formula is C18H24N4OS. The normalized spacial score (nSPS) is 16.7. The van der Waals surface area contributed by atoms with E-state index in [1.54, 1.807) is 0 Å². The van der Waals surface area contributed by atoms with Gasteiger partial charge in [0, 0.05) is 31.9 Å². The number of thiophene rings is 1. The van der Waals surface area contributed by atoms with Gasteiger partial charge in [0.15, 0.2) is 0 Å². The number of amides is 2. The third kappa shape index (κ3) is 4.27. The molecule has 0 radical (unpaired) electrons. The minimum atomic E-state index is -0.173. The van der Waals surface area contributed by atoms with Crippen LogP contribution in [0.2, 0.25) is 0 Å². The summed E-state index contributed by atoms with van der Waals surface area (Å²) >= 11 is 1.51. The second-order valence-corrected chi connectivity index (χ2v) is 7.13. The summed E-state index contributed by atoms with van der Waals surface area (Å²) < 4.78 is 0. The van der Waals surface area contributed by atoms with Gasteiger partial charge in [0.2, 0.25) is 0 Å². The van der Waals surface area contributed by atoms with Crippen LogP contribution in [0.1, 0.15) is 18.5 Å². The highest BCUT2D eigenvalue weighted by atomic mass is 32.1. The van der Waals surface area contributed by atoms with Gasteiger partial charge >= 0.3 is 6.03 Å². The number of hydrogen-bond acceptors (Lipinski definition) is 4. The molecule has 1 aliphatic heterocycles. The van der Waals surface area contributed by atoms with Gasteiger partial charge in [-0.25, -0.2) is 4.79 Å². The van der Waals surface area contributed by atoms with Gasteiger partial charge in [-0.3, -0.25) is 5.32 Å². The van der Waals surface area contributed by atoms with Crippen LogP contribution in [0.4, 0.5) is 15.5 Å². The molecule has 2 aromatic rings. The molecule has 0 bridgehead atoms. The van der Waals surface area contributed by atoms with Crippen LogP contribution in [-0.4, -0.2) is 44.2 Å². The van der Waals surface area contributed by atoms with Crippen LogP contribution in [0, 0.1) is 0 Å². The number of rotatable bonds is 4. The topological polar surface area (TPSA) is 47.6 Å². The zero-order valence-corrected chi connectivity index (χ0v) is 15.0. The number of urea groups is 1. The lowest BCUT2D eigenvalue weighted by atomic mass is 10.1. The number of carbonyl (C=O) groups is 1. The number of nitrogens with zero attached hydrogens (tertiary/aromatic N) is 2. The highest BCUT2D eigenvalue weighted by Gasteiger charge is 2.15. The summed E-state index contributed by atoms with van der Waals surface area (Å²) in [5.41, 5.74) is 2.36. The maximum absolute atomic E-state index is 12.0. The first-order valence-corrected chi connectivity index (χ1v) is 9.14. The molecule has 6 heteroatoms. The van der Waals surface area contributed by atoms with Gasteiger partial charge in [0.1, 0.15) is 0 Å². The number of anilines is 2. The number of likely N-dealkylation sites (N-methyl/N-ethyl adjacent to an activating group) is 1. The molecule has 1 fully saturated rings. The summed E-state index contributed by atoms with van der Waals surface area (Å²) in [5.74, 6) is 0. The predicted molar refractivity (Wildman–Crippen MR) is 101 cm³/mol. The van der Waals surface area contributed by atoms with Crippen LogP contribution in [0.25, 0.3) is 0 Å². The Bertz CT molecular complexity index is 648. The lowest BCUT2D eigenvalue weighted by Gasteiger charge is -2.34. The molecule has 2 N–H and O–H groups in total. The fourth-order valence-electron chi connectivity index (χ4n) is 2.82. The van der Waals surface area contributed by atoms with Crippen molar-refractivity contribution >= 4 is 28.1 Å². The second-order valence-electron chi connectivity index (χ2n) is 6.18. The monoisotopic (exact) mass is 344 g/mol. The number of carbonyl (C=O) groups excluding carboxylic acids is 1. The second kappa shape index (κ2) is 7.68. The Morgan fingerprint density at radius 2 is 1.83 bits per heavy atom. The molecule has 0 saturated carbocycles. The van der Waals surface area contributed by atoms with E-state index in [4.69, 9.17) is 0 Å². The SMILES string of the molecule is CC(NC(=O)Nc1cccs1)c1ccc(N2CCN(C)CC2)cc1. The highest BCUT2D eigenvalue weighted by Crippen LogP contribution is 2.21. The van der Waals surface area contributed by atoms with Gasteiger partial charge in [-0.2, -0.15) is 0 Å². The van der Waals surface area contributed by atoms with Crippen molar-refractivity contribution in [2.24, 2.45) is 0 Å². The fourth-order valence-corrected chi connectivity index (χ4v) is 3.43. The van der Waals surface area contributed by atoms with Crippen molar-refractivity contribution in [3.8, 4) is 0 Å². The first-order chi connectivity index (χ1) is 11.6. The quantitative estimate of drug-likeness (QED) is 0.894. The molecule has 1 unspecified atom stereocenters. The Labute approximate surface area is 147 Å². The van der Waals surface area contributed by atoms with Crippen LogP contribution < -0.4 is 15.5 Å². The Morgan fingerprint density at radius 1 is 1.12 bits per heavy atom. The molecule has 1 saturated heterocycles. The van der Waals surface area contributed by atoms with Gasteiger partial charge in [-0.1, -0.05) is 12.1 Å². The van der Waals surface area contributed by atoms with Crippen molar-refractivity contribution in [2.45, 2.75) is 13.0 Å². The van der Waals surface area contributed by atoms with Gasteiger partial charge in [0.25, 0.3) is 0 Å². The van der Waals surface area contributed by atoms with E-state index in [9.17, 15) is 4.79 Å². The Kier molecular flexibility index (Phi) is 5.37. The fraction of sp³-hybridized carbons (Fsp3) is 0.389.